The largest absolute Gasteiger partial charge is 0.481 e. The van der Waals surface area contributed by atoms with Crippen LogP contribution in [0.15, 0.2) is 0 Å². The predicted octanol–water partition coefficient (Wildman–Crippen LogP) is 0.942. The fraction of sp³-hybridized carbons (Fsp3) is 0.909. The van der Waals surface area contributed by atoms with Gasteiger partial charge in [-0.1, -0.05) is 0 Å². The summed E-state index contributed by atoms with van der Waals surface area (Å²) in [6.45, 7) is 5.60. The zero-order valence-corrected chi connectivity index (χ0v) is 9.52. The molecule has 0 aromatic carbocycles. The van der Waals surface area contributed by atoms with E-state index in [1.54, 1.807) is 0 Å². The van der Waals surface area contributed by atoms with Gasteiger partial charge in [0.15, 0.2) is 0 Å². The van der Waals surface area contributed by atoms with Crippen LogP contribution in [0.25, 0.3) is 0 Å². The molecule has 1 saturated heterocycles. The van der Waals surface area contributed by atoms with Crippen molar-refractivity contribution in [3.8, 4) is 0 Å². The predicted molar refractivity (Wildman–Crippen MR) is 57.7 cm³/mol. The van der Waals surface area contributed by atoms with Crippen LogP contribution < -0.4 is 0 Å². The van der Waals surface area contributed by atoms with Gasteiger partial charge in [-0.3, -0.25) is 4.79 Å². The summed E-state index contributed by atoms with van der Waals surface area (Å²) < 4.78 is 0. The van der Waals surface area contributed by atoms with E-state index in [0.29, 0.717) is 5.92 Å². The van der Waals surface area contributed by atoms with Gasteiger partial charge in [-0.25, -0.2) is 0 Å². The number of rotatable bonds is 4. The molecule has 1 rings (SSSR count). The van der Waals surface area contributed by atoms with Gasteiger partial charge in [-0.15, -0.1) is 0 Å². The van der Waals surface area contributed by atoms with E-state index in [0.717, 1.165) is 25.9 Å². The Kier molecular flexibility index (Phi) is 4.54. The summed E-state index contributed by atoms with van der Waals surface area (Å²) in [5, 5.41) is 18.1. The first-order valence-corrected chi connectivity index (χ1v) is 5.64. The standard InChI is InChI=1S/C11H21NO3/c1-8(7-11(14)15)12-5-3-10(4-6-12)9(2)13/h8-10,13H,3-7H2,1-2H3,(H,14,15). The van der Waals surface area contributed by atoms with Gasteiger partial charge in [0.1, 0.15) is 0 Å². The Morgan fingerprint density at radius 3 is 2.33 bits per heavy atom. The number of piperidine rings is 1. The molecule has 2 unspecified atom stereocenters. The van der Waals surface area contributed by atoms with Crippen LogP contribution in [0.1, 0.15) is 33.1 Å². The topological polar surface area (TPSA) is 60.8 Å². The first kappa shape index (κ1) is 12.5. The Bertz CT molecular complexity index is 210. The molecule has 15 heavy (non-hydrogen) atoms. The summed E-state index contributed by atoms with van der Waals surface area (Å²) >= 11 is 0. The lowest BCUT2D eigenvalue weighted by molar-refractivity contribution is -0.138. The summed E-state index contributed by atoms with van der Waals surface area (Å²) in [5.41, 5.74) is 0. The maximum atomic E-state index is 10.6. The minimum atomic E-state index is -0.736. The summed E-state index contributed by atoms with van der Waals surface area (Å²) in [6.07, 6.45) is 1.92. The van der Waals surface area contributed by atoms with Crippen LogP contribution in [0.5, 0.6) is 0 Å². The lowest BCUT2D eigenvalue weighted by Gasteiger charge is -2.36. The number of carboxylic acids is 1. The molecule has 88 valence electrons. The Morgan fingerprint density at radius 1 is 1.40 bits per heavy atom. The van der Waals surface area contributed by atoms with Crippen LogP contribution in [0.2, 0.25) is 0 Å². The second-order valence-electron chi connectivity index (χ2n) is 4.56. The molecule has 0 aliphatic carbocycles. The smallest absolute Gasteiger partial charge is 0.304 e. The maximum absolute atomic E-state index is 10.6. The van der Waals surface area contributed by atoms with Crippen LogP contribution >= 0.6 is 0 Å². The molecule has 0 radical (unpaired) electrons. The van der Waals surface area contributed by atoms with Crippen molar-refractivity contribution in [1.29, 1.82) is 0 Å². The number of hydrogen-bond acceptors (Lipinski definition) is 3. The molecule has 1 heterocycles. The van der Waals surface area contributed by atoms with Crippen molar-refractivity contribution in [2.75, 3.05) is 13.1 Å². The van der Waals surface area contributed by atoms with Gasteiger partial charge in [0.05, 0.1) is 12.5 Å². The van der Waals surface area contributed by atoms with Crippen LogP contribution in [-0.2, 0) is 4.79 Å². The van der Waals surface area contributed by atoms with Crippen molar-refractivity contribution in [2.24, 2.45) is 5.92 Å². The quantitative estimate of drug-likeness (QED) is 0.732. The van der Waals surface area contributed by atoms with Gasteiger partial charge in [-0.2, -0.15) is 0 Å². The number of aliphatic hydroxyl groups excluding tert-OH is 1. The maximum Gasteiger partial charge on any atom is 0.304 e. The molecule has 1 aliphatic heterocycles. The van der Waals surface area contributed by atoms with Crippen LogP contribution in [0.4, 0.5) is 0 Å². The minimum Gasteiger partial charge on any atom is -0.481 e. The van der Waals surface area contributed by atoms with Gasteiger partial charge in [-0.05, 0) is 45.7 Å². The molecule has 1 aliphatic rings. The summed E-state index contributed by atoms with van der Waals surface area (Å²) in [7, 11) is 0. The fourth-order valence-electron chi connectivity index (χ4n) is 2.22. The molecule has 0 aromatic heterocycles. The summed E-state index contributed by atoms with van der Waals surface area (Å²) in [4.78, 5) is 12.8. The number of aliphatic hydroxyl groups is 1. The van der Waals surface area contributed by atoms with E-state index in [4.69, 9.17) is 5.11 Å². The van der Waals surface area contributed by atoms with Crippen LogP contribution in [-0.4, -0.2) is 46.3 Å². The van der Waals surface area contributed by atoms with Crippen molar-refractivity contribution < 1.29 is 15.0 Å². The van der Waals surface area contributed by atoms with Gasteiger partial charge >= 0.3 is 5.97 Å². The molecule has 4 heteroatoms. The Morgan fingerprint density at radius 2 is 1.93 bits per heavy atom. The minimum absolute atomic E-state index is 0.109. The zero-order valence-electron chi connectivity index (χ0n) is 9.52. The first-order chi connectivity index (χ1) is 7.00. The SMILES string of the molecule is CC(O)C1CCN(C(C)CC(=O)O)CC1. The van der Waals surface area contributed by atoms with Crippen molar-refractivity contribution in [3.05, 3.63) is 0 Å². The number of nitrogens with zero attached hydrogens (tertiary/aromatic N) is 1. The van der Waals surface area contributed by atoms with Crippen LogP contribution in [0, 0.1) is 5.92 Å². The van der Waals surface area contributed by atoms with Crippen molar-refractivity contribution in [2.45, 2.75) is 45.3 Å². The Hall–Kier alpha value is -0.610. The highest BCUT2D eigenvalue weighted by Gasteiger charge is 2.25. The lowest BCUT2D eigenvalue weighted by Crippen LogP contribution is -2.42. The fourth-order valence-corrected chi connectivity index (χ4v) is 2.22. The number of carboxylic acid groups (broad SMARTS) is 1. The van der Waals surface area contributed by atoms with E-state index in [1.807, 2.05) is 13.8 Å². The number of likely N-dealkylation sites (tertiary alicyclic amines) is 1. The number of carbonyl (C=O) groups is 1. The van der Waals surface area contributed by atoms with E-state index in [2.05, 4.69) is 4.90 Å². The molecule has 0 saturated carbocycles. The van der Waals surface area contributed by atoms with E-state index >= 15 is 0 Å². The normalized spacial score (nSPS) is 23.7. The monoisotopic (exact) mass is 215 g/mol. The highest BCUT2D eigenvalue weighted by molar-refractivity contribution is 5.67. The van der Waals surface area contributed by atoms with Gasteiger partial charge < -0.3 is 15.1 Å². The van der Waals surface area contributed by atoms with E-state index in [9.17, 15) is 9.90 Å². The third-order valence-corrected chi connectivity index (χ3v) is 3.35. The third-order valence-electron chi connectivity index (χ3n) is 3.35. The second-order valence-corrected chi connectivity index (χ2v) is 4.56. The molecule has 0 amide bonds. The van der Waals surface area contributed by atoms with E-state index in [1.165, 1.54) is 0 Å². The molecule has 0 aromatic rings. The first-order valence-electron chi connectivity index (χ1n) is 5.64. The molecule has 0 bridgehead atoms. The van der Waals surface area contributed by atoms with E-state index in [-0.39, 0.29) is 18.6 Å². The molecule has 1 fully saturated rings. The highest BCUT2D eigenvalue weighted by Crippen LogP contribution is 2.22. The zero-order chi connectivity index (χ0) is 11.4. The van der Waals surface area contributed by atoms with Crippen LogP contribution in [0.3, 0.4) is 0 Å². The molecular weight excluding hydrogens is 194 g/mol. The van der Waals surface area contributed by atoms with Crippen molar-refractivity contribution >= 4 is 5.97 Å². The molecular formula is C11H21NO3. The summed E-state index contributed by atoms with van der Waals surface area (Å²) in [6, 6.07) is 0.109. The Labute approximate surface area is 90.9 Å². The van der Waals surface area contributed by atoms with Gasteiger partial charge in [0.25, 0.3) is 0 Å². The number of hydrogen-bond donors (Lipinski definition) is 2. The molecule has 0 spiro atoms. The second kappa shape index (κ2) is 5.47. The third kappa shape index (κ3) is 3.80. The Balaban J connectivity index is 2.33. The van der Waals surface area contributed by atoms with E-state index < -0.39 is 5.97 Å². The number of aliphatic carboxylic acids is 1. The van der Waals surface area contributed by atoms with Crippen molar-refractivity contribution in [3.63, 3.8) is 0 Å². The van der Waals surface area contributed by atoms with Gasteiger partial charge in [0, 0.05) is 6.04 Å². The molecule has 4 nitrogen and oxygen atoms in total. The summed E-state index contributed by atoms with van der Waals surface area (Å²) in [5.74, 6) is -0.349. The van der Waals surface area contributed by atoms with Gasteiger partial charge in [0.2, 0.25) is 0 Å². The average molecular weight is 215 g/mol. The average Bonchev–Trinajstić information content (AvgIpc) is 2.17. The highest BCUT2D eigenvalue weighted by atomic mass is 16.4. The molecule has 2 atom stereocenters. The lowest BCUT2D eigenvalue weighted by atomic mass is 9.91. The molecule has 2 N–H and O–H groups in total. The van der Waals surface area contributed by atoms with Crippen molar-refractivity contribution in [1.82, 2.24) is 4.90 Å².